The number of amides is 1. The smallest absolute Gasteiger partial charge is 0.228 e. The Hall–Kier alpha value is -0.530. The van der Waals surface area contributed by atoms with Crippen molar-refractivity contribution >= 4 is 5.91 Å². The van der Waals surface area contributed by atoms with Crippen LogP contribution < -0.4 is 0 Å². The van der Waals surface area contributed by atoms with E-state index in [9.17, 15) is 4.79 Å². The summed E-state index contributed by atoms with van der Waals surface area (Å²) in [6, 6.07) is 0. The van der Waals surface area contributed by atoms with Gasteiger partial charge in [-0.05, 0) is 25.2 Å². The number of carbonyl (C=O) groups excluding carboxylic acids is 1. The van der Waals surface area contributed by atoms with Gasteiger partial charge in [-0.1, -0.05) is 19.8 Å². The topological polar surface area (TPSA) is 20.3 Å². The van der Waals surface area contributed by atoms with Gasteiger partial charge in [0.15, 0.2) is 0 Å². The van der Waals surface area contributed by atoms with E-state index in [1.165, 1.54) is 25.7 Å². The fourth-order valence-corrected chi connectivity index (χ4v) is 3.04. The van der Waals surface area contributed by atoms with Crippen LogP contribution in [0.2, 0.25) is 0 Å². The molecule has 1 heterocycles. The first-order valence-electron chi connectivity index (χ1n) is 5.40. The Morgan fingerprint density at radius 1 is 1.38 bits per heavy atom. The SMILES string of the molecule is CN1CCC2CCCCC2(C)C1=O. The number of hydrogen-bond donors (Lipinski definition) is 0. The zero-order valence-corrected chi connectivity index (χ0v) is 8.68. The van der Waals surface area contributed by atoms with Crippen LogP contribution in [-0.4, -0.2) is 24.4 Å². The molecule has 0 radical (unpaired) electrons. The van der Waals surface area contributed by atoms with Crippen LogP contribution in [0.1, 0.15) is 39.0 Å². The van der Waals surface area contributed by atoms with Gasteiger partial charge in [0.25, 0.3) is 0 Å². The van der Waals surface area contributed by atoms with Gasteiger partial charge >= 0.3 is 0 Å². The first-order chi connectivity index (χ1) is 6.14. The van der Waals surface area contributed by atoms with E-state index < -0.39 is 0 Å². The van der Waals surface area contributed by atoms with Crippen molar-refractivity contribution in [3.63, 3.8) is 0 Å². The zero-order chi connectivity index (χ0) is 9.47. The lowest BCUT2D eigenvalue weighted by atomic mass is 9.64. The summed E-state index contributed by atoms with van der Waals surface area (Å²) in [7, 11) is 1.94. The minimum absolute atomic E-state index is 0.00868. The highest BCUT2D eigenvalue weighted by Gasteiger charge is 2.46. The molecular weight excluding hydrogens is 162 g/mol. The summed E-state index contributed by atoms with van der Waals surface area (Å²) in [5.41, 5.74) is -0.00868. The molecule has 74 valence electrons. The Labute approximate surface area is 80.3 Å². The molecule has 1 amide bonds. The van der Waals surface area contributed by atoms with Crippen LogP contribution in [0.25, 0.3) is 0 Å². The second kappa shape index (κ2) is 3.00. The third kappa shape index (κ3) is 1.27. The highest BCUT2D eigenvalue weighted by atomic mass is 16.2. The molecule has 1 aliphatic heterocycles. The molecule has 1 saturated carbocycles. The van der Waals surface area contributed by atoms with E-state index in [0.717, 1.165) is 13.0 Å². The predicted molar refractivity (Wildman–Crippen MR) is 52.3 cm³/mol. The Morgan fingerprint density at radius 2 is 2.15 bits per heavy atom. The second-order valence-corrected chi connectivity index (χ2v) is 4.88. The number of fused-ring (bicyclic) bond motifs is 1. The van der Waals surface area contributed by atoms with Crippen molar-refractivity contribution in [2.45, 2.75) is 39.0 Å². The lowest BCUT2D eigenvalue weighted by molar-refractivity contribution is -0.150. The summed E-state index contributed by atoms with van der Waals surface area (Å²) >= 11 is 0. The molecule has 2 fully saturated rings. The molecule has 2 atom stereocenters. The standard InChI is InChI=1S/C11H19NO/c1-11-7-4-3-5-9(11)6-8-12(2)10(11)13/h9H,3-8H2,1-2H3. The Kier molecular flexibility index (Phi) is 2.09. The van der Waals surface area contributed by atoms with Crippen LogP contribution in [0.15, 0.2) is 0 Å². The Balaban J connectivity index is 2.22. The van der Waals surface area contributed by atoms with Crippen molar-refractivity contribution in [2.75, 3.05) is 13.6 Å². The quantitative estimate of drug-likeness (QED) is 0.560. The Morgan fingerprint density at radius 3 is 2.92 bits per heavy atom. The number of rotatable bonds is 0. The molecule has 0 aromatic rings. The lowest BCUT2D eigenvalue weighted by Crippen LogP contribution is -2.51. The summed E-state index contributed by atoms with van der Waals surface area (Å²) < 4.78 is 0. The maximum atomic E-state index is 12.0. The number of likely N-dealkylation sites (tertiary alicyclic amines) is 1. The predicted octanol–water partition coefficient (Wildman–Crippen LogP) is 2.04. The highest BCUT2D eigenvalue weighted by Crippen LogP contribution is 2.46. The largest absolute Gasteiger partial charge is 0.345 e. The van der Waals surface area contributed by atoms with Gasteiger partial charge in [0.05, 0.1) is 0 Å². The van der Waals surface area contributed by atoms with E-state index in [4.69, 9.17) is 0 Å². The minimum Gasteiger partial charge on any atom is -0.345 e. The number of hydrogen-bond acceptors (Lipinski definition) is 1. The first-order valence-corrected chi connectivity index (χ1v) is 5.40. The highest BCUT2D eigenvalue weighted by molar-refractivity contribution is 5.83. The van der Waals surface area contributed by atoms with Crippen LogP contribution in [0.5, 0.6) is 0 Å². The van der Waals surface area contributed by atoms with Gasteiger partial charge in [-0.3, -0.25) is 4.79 Å². The van der Waals surface area contributed by atoms with Gasteiger partial charge in [0, 0.05) is 19.0 Å². The van der Waals surface area contributed by atoms with Crippen LogP contribution in [0, 0.1) is 11.3 Å². The summed E-state index contributed by atoms with van der Waals surface area (Å²) in [5.74, 6) is 1.06. The van der Waals surface area contributed by atoms with Crippen LogP contribution in [0.3, 0.4) is 0 Å². The molecule has 1 saturated heterocycles. The van der Waals surface area contributed by atoms with E-state index in [2.05, 4.69) is 6.92 Å². The molecule has 1 aliphatic carbocycles. The van der Waals surface area contributed by atoms with Gasteiger partial charge < -0.3 is 4.90 Å². The van der Waals surface area contributed by atoms with Crippen molar-refractivity contribution in [1.29, 1.82) is 0 Å². The summed E-state index contributed by atoms with van der Waals surface area (Å²) in [6.45, 7) is 3.15. The number of carbonyl (C=O) groups is 1. The van der Waals surface area contributed by atoms with Gasteiger partial charge in [-0.25, -0.2) is 0 Å². The van der Waals surface area contributed by atoms with Crippen molar-refractivity contribution in [3.8, 4) is 0 Å². The molecule has 0 spiro atoms. The lowest BCUT2D eigenvalue weighted by Gasteiger charge is -2.46. The van der Waals surface area contributed by atoms with Crippen LogP contribution in [-0.2, 0) is 4.79 Å². The molecule has 0 N–H and O–H groups in total. The fourth-order valence-electron chi connectivity index (χ4n) is 3.04. The fraction of sp³-hybridized carbons (Fsp3) is 0.909. The molecule has 2 heteroatoms. The molecule has 0 aromatic heterocycles. The molecule has 2 nitrogen and oxygen atoms in total. The third-order valence-corrected chi connectivity index (χ3v) is 4.05. The molecule has 0 bridgehead atoms. The monoisotopic (exact) mass is 181 g/mol. The van der Waals surface area contributed by atoms with E-state index in [-0.39, 0.29) is 5.41 Å². The third-order valence-electron chi connectivity index (χ3n) is 4.05. The van der Waals surface area contributed by atoms with Crippen molar-refractivity contribution < 1.29 is 4.79 Å². The number of piperidine rings is 1. The molecule has 0 aromatic carbocycles. The van der Waals surface area contributed by atoms with Gasteiger partial charge in [-0.15, -0.1) is 0 Å². The summed E-state index contributed by atoms with van der Waals surface area (Å²) in [6.07, 6.45) is 6.18. The Bertz CT molecular complexity index is 226. The first kappa shape index (κ1) is 9.04. The van der Waals surface area contributed by atoms with Gasteiger partial charge in [0.1, 0.15) is 0 Å². The molecule has 2 unspecified atom stereocenters. The number of nitrogens with zero attached hydrogens (tertiary/aromatic N) is 1. The van der Waals surface area contributed by atoms with E-state index in [1.54, 1.807) is 0 Å². The molecule has 2 aliphatic rings. The maximum Gasteiger partial charge on any atom is 0.228 e. The second-order valence-electron chi connectivity index (χ2n) is 4.88. The van der Waals surface area contributed by atoms with Gasteiger partial charge in [0.2, 0.25) is 5.91 Å². The summed E-state index contributed by atoms with van der Waals surface area (Å²) in [4.78, 5) is 13.9. The van der Waals surface area contributed by atoms with Gasteiger partial charge in [-0.2, -0.15) is 0 Å². The molecule has 2 rings (SSSR count). The van der Waals surface area contributed by atoms with Crippen LogP contribution in [0.4, 0.5) is 0 Å². The normalized spacial score (nSPS) is 40.3. The van der Waals surface area contributed by atoms with Crippen LogP contribution >= 0.6 is 0 Å². The van der Waals surface area contributed by atoms with E-state index in [1.807, 2.05) is 11.9 Å². The van der Waals surface area contributed by atoms with E-state index >= 15 is 0 Å². The average Bonchev–Trinajstić information content (AvgIpc) is 2.13. The minimum atomic E-state index is -0.00868. The van der Waals surface area contributed by atoms with E-state index in [0.29, 0.717) is 11.8 Å². The zero-order valence-electron chi connectivity index (χ0n) is 8.68. The molecule has 13 heavy (non-hydrogen) atoms. The maximum absolute atomic E-state index is 12.0. The summed E-state index contributed by atoms with van der Waals surface area (Å²) in [5, 5.41) is 0. The van der Waals surface area contributed by atoms with Crippen molar-refractivity contribution in [1.82, 2.24) is 4.90 Å². The average molecular weight is 181 g/mol. The van der Waals surface area contributed by atoms with Crippen molar-refractivity contribution in [3.05, 3.63) is 0 Å². The van der Waals surface area contributed by atoms with Crippen molar-refractivity contribution in [2.24, 2.45) is 11.3 Å². The molecular formula is C11H19NO.